The number of fused-ring (bicyclic) bond motifs is 1. The number of amides is 2. The molecule has 7 nitrogen and oxygen atoms in total. The first-order valence-corrected chi connectivity index (χ1v) is 10.0. The number of nitrogens with zero attached hydrogens (tertiary/aromatic N) is 3. The van der Waals surface area contributed by atoms with Gasteiger partial charge in [0.25, 0.3) is 5.91 Å². The molecule has 2 aromatic rings. The van der Waals surface area contributed by atoms with E-state index in [2.05, 4.69) is 10.3 Å². The quantitative estimate of drug-likeness (QED) is 0.795. The minimum atomic E-state index is -0.544. The molecule has 1 unspecified atom stereocenters. The molecule has 1 atom stereocenters. The van der Waals surface area contributed by atoms with Crippen LogP contribution >= 0.6 is 0 Å². The first-order valence-electron chi connectivity index (χ1n) is 10.0. The molecular formula is C21H30N4O3. The number of piperidine rings is 1. The van der Waals surface area contributed by atoms with Gasteiger partial charge in [0.05, 0.1) is 17.3 Å². The molecule has 152 valence electrons. The van der Waals surface area contributed by atoms with Crippen molar-refractivity contribution in [2.75, 3.05) is 19.7 Å². The first kappa shape index (κ1) is 20.3. The molecule has 7 heteroatoms. The van der Waals surface area contributed by atoms with Gasteiger partial charge >= 0.3 is 0 Å². The summed E-state index contributed by atoms with van der Waals surface area (Å²) in [7, 11) is 0. The Morgan fingerprint density at radius 1 is 1.29 bits per heavy atom. The van der Waals surface area contributed by atoms with Crippen molar-refractivity contribution in [1.29, 1.82) is 0 Å². The second kappa shape index (κ2) is 8.73. The van der Waals surface area contributed by atoms with Crippen molar-refractivity contribution in [3.05, 3.63) is 35.9 Å². The van der Waals surface area contributed by atoms with Crippen molar-refractivity contribution in [2.45, 2.75) is 46.1 Å². The molecule has 0 bridgehead atoms. The lowest BCUT2D eigenvalue weighted by Gasteiger charge is -2.34. The summed E-state index contributed by atoms with van der Waals surface area (Å²) in [5, 5.41) is 12.3. The van der Waals surface area contributed by atoms with Gasteiger partial charge in [0, 0.05) is 25.9 Å². The number of aliphatic hydroxyl groups excluding tert-OH is 1. The predicted molar refractivity (Wildman–Crippen MR) is 107 cm³/mol. The second-order valence-electron chi connectivity index (χ2n) is 8.12. The molecule has 0 spiro atoms. The molecule has 0 radical (unpaired) electrons. The zero-order valence-electron chi connectivity index (χ0n) is 16.9. The molecule has 2 amide bonds. The fourth-order valence-electron chi connectivity index (χ4n) is 3.74. The topological polar surface area (TPSA) is 86.9 Å². The van der Waals surface area contributed by atoms with Gasteiger partial charge < -0.3 is 19.7 Å². The molecule has 0 aromatic carbocycles. The van der Waals surface area contributed by atoms with Crippen LogP contribution < -0.4 is 5.32 Å². The lowest BCUT2D eigenvalue weighted by Crippen LogP contribution is -2.51. The summed E-state index contributed by atoms with van der Waals surface area (Å²) in [5.41, 5.74) is 1.43. The zero-order chi connectivity index (χ0) is 20.3. The number of aryl methyl sites for hydroxylation is 1. The molecule has 0 saturated carbocycles. The van der Waals surface area contributed by atoms with Crippen molar-refractivity contribution in [1.82, 2.24) is 19.6 Å². The molecule has 2 N–H and O–H groups in total. The van der Waals surface area contributed by atoms with E-state index in [1.165, 1.54) is 0 Å². The summed E-state index contributed by atoms with van der Waals surface area (Å²) in [5.74, 6) is 1.08. The zero-order valence-corrected chi connectivity index (χ0v) is 16.9. The SMILES string of the molecule is Cc1ncc2ccc(C(=O)NC(CC(C)C)C(=O)N3CCC(CO)CC3)cn12. The summed E-state index contributed by atoms with van der Waals surface area (Å²) < 4.78 is 1.87. The van der Waals surface area contributed by atoms with Gasteiger partial charge in [-0.05, 0) is 50.2 Å². The van der Waals surface area contributed by atoms with Gasteiger partial charge in [0.15, 0.2) is 0 Å². The van der Waals surface area contributed by atoms with E-state index in [0.717, 1.165) is 24.2 Å². The highest BCUT2D eigenvalue weighted by Gasteiger charge is 2.30. The standard InChI is InChI=1S/C21H30N4O3/c1-14(2)10-19(21(28)24-8-6-16(13-26)7-9-24)23-20(27)17-4-5-18-11-22-15(3)25(18)12-17/h4-5,11-12,14,16,19,26H,6-10,13H2,1-3H3,(H,23,27). The van der Waals surface area contributed by atoms with E-state index in [1.54, 1.807) is 18.5 Å². The number of aliphatic hydroxyl groups is 1. The van der Waals surface area contributed by atoms with Crippen molar-refractivity contribution >= 4 is 17.3 Å². The first-order chi connectivity index (χ1) is 13.4. The minimum Gasteiger partial charge on any atom is -0.396 e. The van der Waals surface area contributed by atoms with Crippen LogP contribution in [0, 0.1) is 18.8 Å². The van der Waals surface area contributed by atoms with Crippen molar-refractivity contribution in [3.63, 3.8) is 0 Å². The number of hydrogen-bond acceptors (Lipinski definition) is 4. The summed E-state index contributed by atoms with van der Waals surface area (Å²) in [6, 6.07) is 3.07. The van der Waals surface area contributed by atoms with Crippen LogP contribution in [-0.2, 0) is 4.79 Å². The summed E-state index contributed by atoms with van der Waals surface area (Å²) in [6.07, 6.45) is 5.73. The molecule has 0 aliphatic carbocycles. The van der Waals surface area contributed by atoms with Crippen molar-refractivity contribution in [3.8, 4) is 0 Å². The largest absolute Gasteiger partial charge is 0.396 e. The smallest absolute Gasteiger partial charge is 0.253 e. The Labute approximate surface area is 165 Å². The number of rotatable bonds is 6. The third-order valence-corrected chi connectivity index (χ3v) is 5.47. The Morgan fingerprint density at radius 2 is 2.00 bits per heavy atom. The van der Waals surface area contributed by atoms with E-state index in [4.69, 9.17) is 0 Å². The highest BCUT2D eigenvalue weighted by molar-refractivity contribution is 5.97. The summed E-state index contributed by atoms with van der Waals surface area (Å²) >= 11 is 0. The lowest BCUT2D eigenvalue weighted by molar-refractivity contribution is -0.135. The predicted octanol–water partition coefficient (Wildman–Crippen LogP) is 2.02. The molecular weight excluding hydrogens is 356 g/mol. The van der Waals surface area contributed by atoms with Crippen molar-refractivity contribution in [2.24, 2.45) is 11.8 Å². The van der Waals surface area contributed by atoms with Crippen LogP contribution in [0.1, 0.15) is 49.3 Å². The van der Waals surface area contributed by atoms with E-state index >= 15 is 0 Å². The van der Waals surface area contributed by atoms with E-state index in [-0.39, 0.29) is 30.3 Å². The maximum atomic E-state index is 13.1. The molecule has 3 rings (SSSR count). The van der Waals surface area contributed by atoms with Crippen LogP contribution in [0.15, 0.2) is 24.5 Å². The molecule has 28 heavy (non-hydrogen) atoms. The Hall–Kier alpha value is -2.41. The third-order valence-electron chi connectivity index (χ3n) is 5.47. The van der Waals surface area contributed by atoms with E-state index in [9.17, 15) is 14.7 Å². The van der Waals surface area contributed by atoms with Crippen LogP contribution in [0.5, 0.6) is 0 Å². The van der Waals surface area contributed by atoms with Gasteiger partial charge in [0.2, 0.25) is 5.91 Å². The van der Waals surface area contributed by atoms with Gasteiger partial charge in [-0.2, -0.15) is 0 Å². The van der Waals surface area contributed by atoms with Crippen LogP contribution in [0.3, 0.4) is 0 Å². The van der Waals surface area contributed by atoms with Crippen LogP contribution in [0.25, 0.3) is 5.52 Å². The van der Waals surface area contributed by atoms with Crippen LogP contribution in [0.2, 0.25) is 0 Å². The Bertz CT molecular complexity index is 837. The van der Waals surface area contributed by atoms with E-state index in [0.29, 0.717) is 25.1 Å². The fraction of sp³-hybridized carbons (Fsp3) is 0.571. The van der Waals surface area contributed by atoms with Gasteiger partial charge in [-0.25, -0.2) is 4.98 Å². The number of carbonyl (C=O) groups is 2. The summed E-state index contributed by atoms with van der Waals surface area (Å²) in [6.45, 7) is 7.42. The molecule has 1 fully saturated rings. The van der Waals surface area contributed by atoms with Crippen molar-refractivity contribution < 1.29 is 14.7 Å². The molecule has 1 aliphatic rings. The highest BCUT2D eigenvalue weighted by atomic mass is 16.3. The molecule has 1 saturated heterocycles. The number of likely N-dealkylation sites (tertiary alicyclic amines) is 1. The lowest BCUT2D eigenvalue weighted by atomic mass is 9.96. The monoisotopic (exact) mass is 386 g/mol. The second-order valence-corrected chi connectivity index (χ2v) is 8.12. The molecule has 3 heterocycles. The van der Waals surface area contributed by atoms with Gasteiger partial charge in [0.1, 0.15) is 11.9 Å². The highest BCUT2D eigenvalue weighted by Crippen LogP contribution is 2.19. The number of aromatic nitrogens is 2. The Balaban J connectivity index is 1.72. The van der Waals surface area contributed by atoms with Crippen LogP contribution in [-0.4, -0.2) is 56.9 Å². The fourth-order valence-corrected chi connectivity index (χ4v) is 3.74. The number of nitrogens with one attached hydrogen (secondary N) is 1. The maximum absolute atomic E-state index is 13.1. The van der Waals surface area contributed by atoms with E-state index in [1.807, 2.05) is 36.1 Å². The van der Waals surface area contributed by atoms with Gasteiger partial charge in [-0.3, -0.25) is 9.59 Å². The number of carbonyl (C=O) groups excluding carboxylic acids is 2. The van der Waals surface area contributed by atoms with Gasteiger partial charge in [-0.1, -0.05) is 13.8 Å². The third kappa shape index (κ3) is 4.52. The normalized spacial score (nSPS) is 16.5. The Kier molecular flexibility index (Phi) is 6.34. The van der Waals surface area contributed by atoms with E-state index < -0.39 is 6.04 Å². The van der Waals surface area contributed by atoms with Crippen LogP contribution in [0.4, 0.5) is 0 Å². The molecule has 1 aliphatic heterocycles. The average molecular weight is 386 g/mol. The molecule has 2 aromatic heterocycles. The number of imidazole rings is 1. The average Bonchev–Trinajstić information content (AvgIpc) is 3.07. The van der Waals surface area contributed by atoms with Gasteiger partial charge in [-0.15, -0.1) is 0 Å². The summed E-state index contributed by atoms with van der Waals surface area (Å²) in [4.78, 5) is 32.0. The Morgan fingerprint density at radius 3 is 2.64 bits per heavy atom. The number of pyridine rings is 1. The minimum absolute atomic E-state index is 0.0293. The maximum Gasteiger partial charge on any atom is 0.253 e. The number of hydrogen-bond donors (Lipinski definition) is 2.